The molecular weight excluding hydrogens is 395 g/mol. The molecule has 1 N–H and O–H groups in total. The fourth-order valence-electron chi connectivity index (χ4n) is 4.21. The highest BCUT2D eigenvalue weighted by molar-refractivity contribution is 7.91. The predicted octanol–water partition coefficient (Wildman–Crippen LogP) is 2.23. The molecule has 1 amide bonds. The minimum absolute atomic E-state index is 0.0579. The lowest BCUT2D eigenvalue weighted by atomic mass is 9.96. The summed E-state index contributed by atoms with van der Waals surface area (Å²) in [5.74, 6) is 0.241. The van der Waals surface area contributed by atoms with Crippen molar-refractivity contribution in [1.29, 1.82) is 0 Å². The molecule has 0 radical (unpaired) electrons. The smallest absolute Gasteiger partial charge is 0.229 e. The topological polar surface area (TPSA) is 84.3 Å². The van der Waals surface area contributed by atoms with Crippen LogP contribution in [-0.4, -0.2) is 53.6 Å². The van der Waals surface area contributed by atoms with Gasteiger partial charge in [0.15, 0.2) is 9.84 Å². The number of halogens is 1. The van der Waals surface area contributed by atoms with Crippen molar-refractivity contribution in [3.8, 4) is 0 Å². The van der Waals surface area contributed by atoms with E-state index in [1.54, 1.807) is 23.0 Å². The van der Waals surface area contributed by atoms with E-state index in [2.05, 4.69) is 15.3 Å². The maximum Gasteiger partial charge on any atom is 0.229 e. The summed E-state index contributed by atoms with van der Waals surface area (Å²) >= 11 is 0. The third-order valence-electron chi connectivity index (χ3n) is 5.65. The summed E-state index contributed by atoms with van der Waals surface area (Å²) < 4.78 is 38.6. The van der Waals surface area contributed by atoms with E-state index in [0.717, 1.165) is 24.9 Å². The highest BCUT2D eigenvalue weighted by atomic mass is 32.2. The molecule has 1 aromatic heterocycles. The Kier molecular flexibility index (Phi) is 5.69. The lowest BCUT2D eigenvalue weighted by Crippen LogP contribution is -2.40. The van der Waals surface area contributed by atoms with Crippen molar-refractivity contribution in [1.82, 2.24) is 14.7 Å². The van der Waals surface area contributed by atoms with E-state index in [0.29, 0.717) is 25.3 Å². The summed E-state index contributed by atoms with van der Waals surface area (Å²) in [7, 11) is -3.03. The number of anilines is 1. The van der Waals surface area contributed by atoms with E-state index in [4.69, 9.17) is 0 Å². The zero-order valence-corrected chi connectivity index (χ0v) is 16.9. The molecule has 9 heteroatoms. The number of sulfone groups is 1. The third kappa shape index (κ3) is 4.84. The second-order valence-electron chi connectivity index (χ2n) is 7.91. The first-order chi connectivity index (χ1) is 13.9. The zero-order valence-electron chi connectivity index (χ0n) is 16.1. The highest BCUT2D eigenvalue weighted by Crippen LogP contribution is 2.27. The van der Waals surface area contributed by atoms with Crippen LogP contribution in [-0.2, 0) is 21.2 Å². The molecule has 0 bridgehead atoms. The van der Waals surface area contributed by atoms with Crippen molar-refractivity contribution in [2.24, 2.45) is 5.92 Å². The van der Waals surface area contributed by atoms with Crippen LogP contribution < -0.4 is 5.32 Å². The monoisotopic (exact) mass is 420 g/mol. The van der Waals surface area contributed by atoms with Gasteiger partial charge in [-0.25, -0.2) is 17.5 Å². The number of carbonyl (C=O) groups is 1. The van der Waals surface area contributed by atoms with Gasteiger partial charge in [0.2, 0.25) is 5.91 Å². The Bertz CT molecular complexity index is 991. The Hall–Kier alpha value is -2.26. The molecule has 3 heterocycles. The molecule has 2 fully saturated rings. The molecule has 2 aliphatic rings. The average Bonchev–Trinajstić information content (AvgIpc) is 3.27. The Morgan fingerprint density at radius 3 is 2.90 bits per heavy atom. The van der Waals surface area contributed by atoms with Crippen molar-refractivity contribution in [3.05, 3.63) is 47.9 Å². The largest absolute Gasteiger partial charge is 0.311 e. The van der Waals surface area contributed by atoms with Crippen LogP contribution >= 0.6 is 0 Å². The first kappa shape index (κ1) is 20.0. The van der Waals surface area contributed by atoms with Crippen molar-refractivity contribution in [2.75, 3.05) is 29.9 Å². The number of nitrogens with zero attached hydrogens (tertiary/aromatic N) is 3. The fraction of sp³-hybridized carbons (Fsp3) is 0.500. The van der Waals surface area contributed by atoms with Crippen molar-refractivity contribution < 1.29 is 17.6 Å². The van der Waals surface area contributed by atoms with Gasteiger partial charge in [0, 0.05) is 19.2 Å². The number of amides is 1. The molecule has 2 atom stereocenters. The van der Waals surface area contributed by atoms with Gasteiger partial charge in [-0.05, 0) is 43.5 Å². The summed E-state index contributed by atoms with van der Waals surface area (Å²) in [6, 6.07) is 8.01. The zero-order chi connectivity index (χ0) is 20.4. The van der Waals surface area contributed by atoms with Crippen LogP contribution in [0.2, 0.25) is 0 Å². The van der Waals surface area contributed by atoms with Crippen LogP contribution in [0.15, 0.2) is 36.5 Å². The van der Waals surface area contributed by atoms with Crippen molar-refractivity contribution >= 4 is 21.6 Å². The normalized spacial score (nSPS) is 24.4. The van der Waals surface area contributed by atoms with Crippen LogP contribution in [0.1, 0.15) is 30.9 Å². The molecule has 2 aromatic rings. The second kappa shape index (κ2) is 8.23. The maximum absolute atomic E-state index is 13.4. The number of benzene rings is 1. The van der Waals surface area contributed by atoms with Crippen molar-refractivity contribution in [2.45, 2.75) is 31.8 Å². The van der Waals surface area contributed by atoms with E-state index >= 15 is 0 Å². The minimum atomic E-state index is -3.03. The van der Waals surface area contributed by atoms with Gasteiger partial charge in [0.25, 0.3) is 0 Å². The molecule has 29 heavy (non-hydrogen) atoms. The van der Waals surface area contributed by atoms with Gasteiger partial charge in [-0.15, -0.1) is 0 Å². The quantitative estimate of drug-likeness (QED) is 0.802. The molecule has 0 spiro atoms. The van der Waals surface area contributed by atoms with E-state index in [1.807, 2.05) is 6.07 Å². The number of aromatic nitrogens is 2. The van der Waals surface area contributed by atoms with Crippen LogP contribution in [0, 0.1) is 11.7 Å². The number of hydrogen-bond acceptors (Lipinski definition) is 5. The van der Waals surface area contributed by atoms with Gasteiger partial charge >= 0.3 is 0 Å². The molecule has 0 unspecified atom stereocenters. The Morgan fingerprint density at radius 1 is 1.28 bits per heavy atom. The molecule has 2 aliphatic heterocycles. The standard InChI is InChI=1S/C20H25FN4O3S/c21-17-5-1-3-15(11-17)12-24-9-2-4-16(13-24)20(26)23-19-6-8-22-25(19)18-7-10-29(27,28)14-18/h1,3,5-6,8,11,16,18H,2,4,7,9-10,12-14H2,(H,23,26)/t16-,18+/m0/s1. The van der Waals surface area contributed by atoms with Gasteiger partial charge in [-0.2, -0.15) is 5.10 Å². The fourth-order valence-corrected chi connectivity index (χ4v) is 5.90. The lowest BCUT2D eigenvalue weighted by molar-refractivity contribution is -0.121. The second-order valence-corrected chi connectivity index (χ2v) is 10.1. The van der Waals surface area contributed by atoms with E-state index in [1.165, 1.54) is 12.1 Å². The van der Waals surface area contributed by atoms with Crippen molar-refractivity contribution in [3.63, 3.8) is 0 Å². The van der Waals surface area contributed by atoms with Crippen LogP contribution in [0.5, 0.6) is 0 Å². The SMILES string of the molecule is O=C(Nc1ccnn1[C@@H]1CCS(=O)(=O)C1)[C@H]1CCCN(Cc2cccc(F)c2)C1. The summed E-state index contributed by atoms with van der Waals surface area (Å²) in [6.07, 6.45) is 3.78. The number of nitrogens with one attached hydrogen (secondary N) is 1. The van der Waals surface area contributed by atoms with Crippen LogP contribution in [0.4, 0.5) is 10.2 Å². The van der Waals surface area contributed by atoms with Crippen LogP contribution in [0.25, 0.3) is 0 Å². The first-order valence-corrected chi connectivity index (χ1v) is 11.7. The number of carbonyl (C=O) groups excluding carboxylic acids is 1. The molecule has 2 saturated heterocycles. The maximum atomic E-state index is 13.4. The first-order valence-electron chi connectivity index (χ1n) is 9.91. The van der Waals surface area contributed by atoms with Gasteiger partial charge in [0.1, 0.15) is 11.6 Å². The van der Waals surface area contributed by atoms with Gasteiger partial charge in [-0.3, -0.25) is 9.69 Å². The molecule has 7 nitrogen and oxygen atoms in total. The number of hydrogen-bond donors (Lipinski definition) is 1. The van der Waals surface area contributed by atoms with E-state index < -0.39 is 9.84 Å². The van der Waals surface area contributed by atoms with Gasteiger partial charge in [0.05, 0.1) is 29.7 Å². The minimum Gasteiger partial charge on any atom is -0.311 e. The average molecular weight is 421 g/mol. The van der Waals surface area contributed by atoms with E-state index in [9.17, 15) is 17.6 Å². The Labute approximate surface area is 169 Å². The third-order valence-corrected chi connectivity index (χ3v) is 7.40. The van der Waals surface area contributed by atoms with Gasteiger partial charge < -0.3 is 5.32 Å². The van der Waals surface area contributed by atoms with Crippen LogP contribution in [0.3, 0.4) is 0 Å². The molecule has 0 aliphatic carbocycles. The summed E-state index contributed by atoms with van der Waals surface area (Å²) in [5, 5.41) is 7.17. The van der Waals surface area contributed by atoms with E-state index in [-0.39, 0.29) is 35.2 Å². The summed E-state index contributed by atoms with van der Waals surface area (Å²) in [6.45, 7) is 2.09. The molecule has 1 aromatic carbocycles. The predicted molar refractivity (Wildman–Crippen MR) is 108 cm³/mol. The Balaban J connectivity index is 1.38. The number of likely N-dealkylation sites (tertiary alicyclic amines) is 1. The molecule has 0 saturated carbocycles. The summed E-state index contributed by atoms with van der Waals surface area (Å²) in [4.78, 5) is 15.0. The highest BCUT2D eigenvalue weighted by Gasteiger charge is 2.32. The Morgan fingerprint density at radius 2 is 2.14 bits per heavy atom. The summed E-state index contributed by atoms with van der Waals surface area (Å²) in [5.41, 5.74) is 0.895. The molecule has 156 valence electrons. The van der Waals surface area contributed by atoms with Gasteiger partial charge in [-0.1, -0.05) is 12.1 Å². The number of piperidine rings is 1. The molecular formula is C20H25FN4O3S. The molecule has 4 rings (SSSR count). The number of rotatable bonds is 5. The lowest BCUT2D eigenvalue weighted by Gasteiger charge is -2.32.